The van der Waals surface area contributed by atoms with Crippen LogP contribution in [-0.4, -0.2) is 13.7 Å². The molecule has 0 amide bonds. The molecule has 5 heteroatoms. The zero-order valence-corrected chi connectivity index (χ0v) is 13.7. The number of ether oxygens (including phenoxy) is 1. The van der Waals surface area contributed by atoms with Crippen LogP contribution in [0.3, 0.4) is 0 Å². The third kappa shape index (κ3) is 4.43. The van der Waals surface area contributed by atoms with Gasteiger partial charge < -0.3 is 10.1 Å². The van der Waals surface area contributed by atoms with Gasteiger partial charge in [-0.05, 0) is 42.8 Å². The molecule has 0 aliphatic rings. The number of halogens is 2. The molecule has 0 saturated carbocycles. The molecule has 0 aliphatic heterocycles. The van der Waals surface area contributed by atoms with Crippen molar-refractivity contribution in [3.8, 4) is 5.75 Å². The van der Waals surface area contributed by atoms with Gasteiger partial charge in [-0.3, -0.25) is 0 Å². The second-order valence-corrected chi connectivity index (χ2v) is 6.61. The Balaban J connectivity index is 2.22. The molecule has 0 bridgehead atoms. The zero-order valence-electron chi connectivity index (χ0n) is 12.2. The number of benzene rings is 1. The summed E-state index contributed by atoms with van der Waals surface area (Å²) in [6, 6.07) is 9.08. The molecule has 0 fully saturated rings. The molecule has 2 rings (SSSR count). The van der Waals surface area contributed by atoms with E-state index in [4.69, 9.17) is 16.3 Å². The SMILES string of the molecule is CCCNC(Cc1ccc(Cl)s1)c1ccc(F)c(OC)c1. The Morgan fingerprint density at radius 1 is 1.33 bits per heavy atom. The lowest BCUT2D eigenvalue weighted by atomic mass is 10.0. The molecule has 21 heavy (non-hydrogen) atoms. The summed E-state index contributed by atoms with van der Waals surface area (Å²) < 4.78 is 19.4. The van der Waals surface area contributed by atoms with Crippen LogP contribution in [0.15, 0.2) is 30.3 Å². The quantitative estimate of drug-likeness (QED) is 0.786. The first-order valence-corrected chi connectivity index (χ1v) is 8.14. The Hall–Kier alpha value is -1.10. The van der Waals surface area contributed by atoms with Gasteiger partial charge in [0, 0.05) is 17.3 Å². The van der Waals surface area contributed by atoms with E-state index in [-0.39, 0.29) is 17.6 Å². The van der Waals surface area contributed by atoms with Crippen LogP contribution >= 0.6 is 22.9 Å². The molecule has 0 aliphatic carbocycles. The van der Waals surface area contributed by atoms with Crippen LogP contribution in [0.1, 0.15) is 29.8 Å². The summed E-state index contributed by atoms with van der Waals surface area (Å²) in [6.07, 6.45) is 1.87. The molecule has 1 heterocycles. The molecule has 1 unspecified atom stereocenters. The Kier molecular flexibility index (Phi) is 6.03. The van der Waals surface area contributed by atoms with Crippen LogP contribution < -0.4 is 10.1 Å². The fourth-order valence-electron chi connectivity index (χ4n) is 2.18. The van der Waals surface area contributed by atoms with Crippen molar-refractivity contribution in [3.63, 3.8) is 0 Å². The molecule has 2 nitrogen and oxygen atoms in total. The number of rotatable bonds is 7. The number of hydrogen-bond acceptors (Lipinski definition) is 3. The largest absolute Gasteiger partial charge is 0.494 e. The van der Waals surface area contributed by atoms with Crippen LogP contribution in [0, 0.1) is 5.82 Å². The van der Waals surface area contributed by atoms with Crippen LogP contribution in [0.2, 0.25) is 4.34 Å². The maximum Gasteiger partial charge on any atom is 0.165 e. The number of thiophene rings is 1. The summed E-state index contributed by atoms with van der Waals surface area (Å²) in [6.45, 7) is 3.03. The maximum absolute atomic E-state index is 13.6. The van der Waals surface area contributed by atoms with Crippen molar-refractivity contribution < 1.29 is 9.13 Å². The highest BCUT2D eigenvalue weighted by Gasteiger charge is 2.15. The average molecular weight is 328 g/mol. The summed E-state index contributed by atoms with van der Waals surface area (Å²) in [7, 11) is 1.48. The third-order valence-electron chi connectivity index (χ3n) is 3.25. The lowest BCUT2D eigenvalue weighted by Crippen LogP contribution is -2.24. The van der Waals surface area contributed by atoms with Gasteiger partial charge in [0.2, 0.25) is 0 Å². The van der Waals surface area contributed by atoms with Crippen molar-refractivity contribution in [3.05, 3.63) is 50.9 Å². The first-order valence-electron chi connectivity index (χ1n) is 6.95. The fourth-order valence-corrected chi connectivity index (χ4v) is 3.32. The van der Waals surface area contributed by atoms with E-state index in [9.17, 15) is 4.39 Å². The van der Waals surface area contributed by atoms with E-state index in [0.29, 0.717) is 0 Å². The molecule has 114 valence electrons. The summed E-state index contributed by atoms with van der Waals surface area (Å²) in [5.41, 5.74) is 1.02. The number of hydrogen-bond donors (Lipinski definition) is 1. The van der Waals surface area contributed by atoms with Crippen LogP contribution in [-0.2, 0) is 6.42 Å². The van der Waals surface area contributed by atoms with E-state index in [1.807, 2.05) is 12.1 Å². The molecule has 0 spiro atoms. The summed E-state index contributed by atoms with van der Waals surface area (Å²) >= 11 is 7.57. The zero-order chi connectivity index (χ0) is 15.2. The van der Waals surface area contributed by atoms with E-state index in [1.165, 1.54) is 18.1 Å². The van der Waals surface area contributed by atoms with E-state index in [1.54, 1.807) is 23.5 Å². The molecule has 0 saturated heterocycles. The molecular weight excluding hydrogens is 309 g/mol. The minimum Gasteiger partial charge on any atom is -0.494 e. The van der Waals surface area contributed by atoms with Crippen molar-refractivity contribution in [2.24, 2.45) is 0 Å². The van der Waals surface area contributed by atoms with Gasteiger partial charge in [0.25, 0.3) is 0 Å². The molecule has 1 aromatic heterocycles. The van der Waals surface area contributed by atoms with Crippen LogP contribution in [0.4, 0.5) is 4.39 Å². The van der Waals surface area contributed by atoms with Crippen molar-refractivity contribution in [2.75, 3.05) is 13.7 Å². The normalized spacial score (nSPS) is 12.4. The van der Waals surface area contributed by atoms with Gasteiger partial charge in [-0.15, -0.1) is 11.3 Å². The third-order valence-corrected chi connectivity index (χ3v) is 4.51. The molecular formula is C16H19ClFNOS. The van der Waals surface area contributed by atoms with E-state index < -0.39 is 0 Å². The first kappa shape index (κ1) is 16.3. The Bertz CT molecular complexity index is 587. The Morgan fingerprint density at radius 3 is 2.76 bits per heavy atom. The highest BCUT2D eigenvalue weighted by molar-refractivity contribution is 7.16. The highest BCUT2D eigenvalue weighted by Crippen LogP contribution is 2.29. The van der Waals surface area contributed by atoms with Gasteiger partial charge in [-0.2, -0.15) is 0 Å². The van der Waals surface area contributed by atoms with E-state index in [0.717, 1.165) is 29.3 Å². The van der Waals surface area contributed by atoms with Crippen LogP contribution in [0.5, 0.6) is 5.75 Å². The van der Waals surface area contributed by atoms with Gasteiger partial charge in [0.15, 0.2) is 11.6 Å². The molecule has 0 radical (unpaired) electrons. The van der Waals surface area contributed by atoms with Crippen molar-refractivity contribution in [1.82, 2.24) is 5.32 Å². The minimum absolute atomic E-state index is 0.120. The maximum atomic E-state index is 13.6. The molecule has 1 atom stereocenters. The number of methoxy groups -OCH3 is 1. The minimum atomic E-state index is -0.338. The van der Waals surface area contributed by atoms with Gasteiger partial charge in [-0.1, -0.05) is 24.6 Å². The van der Waals surface area contributed by atoms with E-state index in [2.05, 4.69) is 12.2 Å². The lowest BCUT2D eigenvalue weighted by molar-refractivity contribution is 0.384. The van der Waals surface area contributed by atoms with Gasteiger partial charge in [0.05, 0.1) is 11.4 Å². The predicted molar refractivity (Wildman–Crippen MR) is 87.0 cm³/mol. The molecule has 1 aromatic carbocycles. The van der Waals surface area contributed by atoms with Crippen LogP contribution in [0.25, 0.3) is 0 Å². The topological polar surface area (TPSA) is 21.3 Å². The predicted octanol–water partition coefficient (Wildman–Crippen LogP) is 4.83. The van der Waals surface area contributed by atoms with Crippen molar-refractivity contribution >= 4 is 22.9 Å². The summed E-state index contributed by atoms with van der Waals surface area (Å²) in [5.74, 6) is -0.0605. The fraction of sp³-hybridized carbons (Fsp3) is 0.375. The Labute approximate surface area is 133 Å². The standard InChI is InChI=1S/C16H19ClFNOS/c1-3-8-19-14(10-12-5-7-16(17)21-12)11-4-6-13(18)15(9-11)20-2/h4-7,9,14,19H,3,8,10H2,1-2H3. The highest BCUT2D eigenvalue weighted by atomic mass is 35.5. The monoisotopic (exact) mass is 327 g/mol. The second-order valence-electron chi connectivity index (χ2n) is 4.81. The van der Waals surface area contributed by atoms with Crippen molar-refractivity contribution in [1.29, 1.82) is 0 Å². The van der Waals surface area contributed by atoms with Gasteiger partial charge in [0.1, 0.15) is 0 Å². The van der Waals surface area contributed by atoms with E-state index >= 15 is 0 Å². The second kappa shape index (κ2) is 7.78. The van der Waals surface area contributed by atoms with Crippen molar-refractivity contribution in [2.45, 2.75) is 25.8 Å². The first-order chi connectivity index (χ1) is 10.1. The summed E-state index contributed by atoms with van der Waals surface area (Å²) in [4.78, 5) is 1.21. The number of nitrogens with one attached hydrogen (secondary N) is 1. The van der Waals surface area contributed by atoms with Gasteiger partial charge in [-0.25, -0.2) is 4.39 Å². The average Bonchev–Trinajstić information content (AvgIpc) is 2.89. The Morgan fingerprint density at radius 2 is 2.14 bits per heavy atom. The molecule has 2 aromatic rings. The van der Waals surface area contributed by atoms with Gasteiger partial charge >= 0.3 is 0 Å². The lowest BCUT2D eigenvalue weighted by Gasteiger charge is -2.19. The molecule has 1 N–H and O–H groups in total. The summed E-state index contributed by atoms with van der Waals surface area (Å²) in [5, 5.41) is 3.50. The smallest absolute Gasteiger partial charge is 0.165 e.